The molecule has 1 heterocycles. The van der Waals surface area contributed by atoms with Gasteiger partial charge in [-0.15, -0.1) is 0 Å². The van der Waals surface area contributed by atoms with Crippen molar-refractivity contribution in [1.82, 2.24) is 9.78 Å². The largest absolute Gasteiger partial charge is 0.435 e. The summed E-state index contributed by atoms with van der Waals surface area (Å²) in [6.07, 6.45) is -3.32. The summed E-state index contributed by atoms with van der Waals surface area (Å²) in [5.41, 5.74) is -0.468. The van der Waals surface area contributed by atoms with Crippen LogP contribution >= 0.6 is 0 Å². The standard InChI is InChI=1S/C14H14F4N2/c1-8(2)10-5-4-9(6-12(10)15)11-7-20(3)19-13(11)14(16,17)18/h4-8H,1-3H3. The SMILES string of the molecule is CC(C)c1ccc(-c2cn(C)nc2C(F)(F)F)cc1F. The smallest absolute Gasteiger partial charge is 0.275 e. The maximum Gasteiger partial charge on any atom is 0.435 e. The number of hydrogen-bond donors (Lipinski definition) is 0. The van der Waals surface area contributed by atoms with Gasteiger partial charge in [0.2, 0.25) is 0 Å². The molecule has 20 heavy (non-hydrogen) atoms. The molecule has 0 atom stereocenters. The first-order valence-electron chi connectivity index (χ1n) is 6.11. The average Bonchev–Trinajstić information content (AvgIpc) is 2.70. The Morgan fingerprint density at radius 1 is 1.20 bits per heavy atom. The van der Waals surface area contributed by atoms with Gasteiger partial charge in [-0.25, -0.2) is 4.39 Å². The molecule has 1 aromatic heterocycles. The number of aromatic nitrogens is 2. The fourth-order valence-corrected chi connectivity index (χ4v) is 2.07. The van der Waals surface area contributed by atoms with Crippen molar-refractivity contribution in [2.45, 2.75) is 25.9 Å². The van der Waals surface area contributed by atoms with E-state index in [2.05, 4.69) is 5.10 Å². The van der Waals surface area contributed by atoms with E-state index in [1.807, 2.05) is 13.8 Å². The summed E-state index contributed by atoms with van der Waals surface area (Å²) in [6.45, 7) is 3.65. The highest BCUT2D eigenvalue weighted by atomic mass is 19.4. The molecule has 0 spiro atoms. The molecule has 0 unspecified atom stereocenters. The van der Waals surface area contributed by atoms with E-state index < -0.39 is 17.7 Å². The molecule has 0 amide bonds. The summed E-state index contributed by atoms with van der Waals surface area (Å²) >= 11 is 0. The van der Waals surface area contributed by atoms with Crippen molar-refractivity contribution in [2.24, 2.45) is 7.05 Å². The van der Waals surface area contributed by atoms with Gasteiger partial charge >= 0.3 is 6.18 Å². The van der Waals surface area contributed by atoms with Crippen LogP contribution in [0.3, 0.4) is 0 Å². The topological polar surface area (TPSA) is 17.8 Å². The maximum absolute atomic E-state index is 13.9. The van der Waals surface area contributed by atoms with Crippen LogP contribution in [0, 0.1) is 5.82 Å². The zero-order valence-electron chi connectivity index (χ0n) is 11.3. The molecule has 0 bridgehead atoms. The fraction of sp³-hybridized carbons (Fsp3) is 0.357. The van der Waals surface area contributed by atoms with Gasteiger partial charge in [0, 0.05) is 18.8 Å². The van der Waals surface area contributed by atoms with Crippen LogP contribution in [0.1, 0.15) is 31.0 Å². The van der Waals surface area contributed by atoms with E-state index >= 15 is 0 Å². The zero-order chi connectivity index (χ0) is 15.1. The Balaban J connectivity index is 2.55. The second kappa shape index (κ2) is 4.92. The van der Waals surface area contributed by atoms with Gasteiger partial charge in [0.05, 0.1) is 0 Å². The number of hydrogen-bond acceptors (Lipinski definition) is 1. The number of alkyl halides is 3. The second-order valence-electron chi connectivity index (χ2n) is 4.95. The Bertz CT molecular complexity index is 627. The summed E-state index contributed by atoms with van der Waals surface area (Å²) in [5.74, 6) is -0.533. The molecule has 0 aliphatic rings. The zero-order valence-corrected chi connectivity index (χ0v) is 11.3. The van der Waals surface area contributed by atoms with E-state index in [0.29, 0.717) is 5.56 Å². The molecule has 2 nitrogen and oxygen atoms in total. The van der Waals surface area contributed by atoms with Crippen LogP contribution in [0.25, 0.3) is 11.1 Å². The quantitative estimate of drug-likeness (QED) is 0.750. The third-order valence-corrected chi connectivity index (χ3v) is 3.03. The average molecular weight is 286 g/mol. The lowest BCUT2D eigenvalue weighted by Crippen LogP contribution is -2.08. The van der Waals surface area contributed by atoms with Crippen LogP contribution in [-0.2, 0) is 13.2 Å². The molecule has 0 saturated carbocycles. The van der Waals surface area contributed by atoms with E-state index in [1.54, 1.807) is 0 Å². The summed E-state index contributed by atoms with van der Waals surface area (Å²) in [5, 5.41) is 3.41. The van der Waals surface area contributed by atoms with E-state index in [9.17, 15) is 17.6 Å². The summed E-state index contributed by atoms with van der Waals surface area (Å²) in [7, 11) is 1.40. The van der Waals surface area contributed by atoms with Crippen molar-refractivity contribution in [3.63, 3.8) is 0 Å². The van der Waals surface area contributed by atoms with Crippen LogP contribution < -0.4 is 0 Å². The second-order valence-corrected chi connectivity index (χ2v) is 4.95. The molecule has 0 saturated heterocycles. The summed E-state index contributed by atoms with van der Waals surface area (Å²) in [4.78, 5) is 0. The van der Waals surface area contributed by atoms with Gasteiger partial charge in [0.1, 0.15) is 5.82 Å². The Morgan fingerprint density at radius 2 is 1.85 bits per heavy atom. The van der Waals surface area contributed by atoms with Crippen molar-refractivity contribution < 1.29 is 17.6 Å². The fourth-order valence-electron chi connectivity index (χ4n) is 2.07. The summed E-state index contributed by atoms with van der Waals surface area (Å²) < 4.78 is 53.6. The predicted molar refractivity (Wildman–Crippen MR) is 67.7 cm³/mol. The molecule has 0 radical (unpaired) electrons. The minimum absolute atomic E-state index is 0.0277. The molecule has 0 fully saturated rings. The molecule has 0 aliphatic carbocycles. The van der Waals surface area contributed by atoms with Gasteiger partial charge in [-0.3, -0.25) is 4.68 Å². The molecule has 2 aromatic rings. The van der Waals surface area contributed by atoms with Gasteiger partial charge in [-0.1, -0.05) is 26.0 Å². The van der Waals surface area contributed by atoms with Gasteiger partial charge in [0.15, 0.2) is 5.69 Å². The number of benzene rings is 1. The van der Waals surface area contributed by atoms with Crippen LogP contribution in [0.5, 0.6) is 0 Å². The number of rotatable bonds is 2. The van der Waals surface area contributed by atoms with Crippen LogP contribution in [0.15, 0.2) is 24.4 Å². The molecule has 6 heteroatoms. The first-order valence-corrected chi connectivity index (χ1v) is 6.11. The number of halogens is 4. The monoisotopic (exact) mass is 286 g/mol. The van der Waals surface area contributed by atoms with Crippen LogP contribution in [-0.4, -0.2) is 9.78 Å². The van der Waals surface area contributed by atoms with Gasteiger partial charge in [-0.2, -0.15) is 18.3 Å². The lowest BCUT2D eigenvalue weighted by atomic mass is 9.98. The first kappa shape index (κ1) is 14.6. The summed E-state index contributed by atoms with van der Waals surface area (Å²) in [6, 6.07) is 4.13. The molecule has 108 valence electrons. The highest BCUT2D eigenvalue weighted by Gasteiger charge is 2.37. The van der Waals surface area contributed by atoms with E-state index in [1.165, 1.54) is 25.4 Å². The molecule has 2 rings (SSSR count). The Labute approximate surface area is 114 Å². The van der Waals surface area contributed by atoms with E-state index in [0.717, 1.165) is 10.7 Å². The van der Waals surface area contributed by atoms with E-state index in [-0.39, 0.29) is 17.0 Å². The molecular formula is C14H14F4N2. The first-order chi connectivity index (χ1) is 9.20. The molecule has 1 aromatic carbocycles. The van der Waals surface area contributed by atoms with Gasteiger partial charge in [0.25, 0.3) is 0 Å². The lowest BCUT2D eigenvalue weighted by molar-refractivity contribution is -0.140. The third kappa shape index (κ3) is 2.69. The molecule has 0 N–H and O–H groups in total. The number of aryl methyl sites for hydroxylation is 1. The minimum atomic E-state index is -4.57. The van der Waals surface area contributed by atoms with Crippen molar-refractivity contribution in [3.8, 4) is 11.1 Å². The van der Waals surface area contributed by atoms with Crippen molar-refractivity contribution in [3.05, 3.63) is 41.5 Å². The van der Waals surface area contributed by atoms with Crippen LogP contribution in [0.2, 0.25) is 0 Å². The highest BCUT2D eigenvalue weighted by molar-refractivity contribution is 5.66. The van der Waals surface area contributed by atoms with Crippen molar-refractivity contribution in [1.29, 1.82) is 0 Å². The number of nitrogens with zero attached hydrogens (tertiary/aromatic N) is 2. The highest BCUT2D eigenvalue weighted by Crippen LogP contribution is 2.36. The van der Waals surface area contributed by atoms with Gasteiger partial charge in [-0.05, 0) is 23.1 Å². The van der Waals surface area contributed by atoms with Crippen molar-refractivity contribution >= 4 is 0 Å². The van der Waals surface area contributed by atoms with E-state index in [4.69, 9.17) is 0 Å². The third-order valence-electron chi connectivity index (χ3n) is 3.03. The van der Waals surface area contributed by atoms with Crippen molar-refractivity contribution in [2.75, 3.05) is 0 Å². The lowest BCUT2D eigenvalue weighted by Gasteiger charge is -2.10. The minimum Gasteiger partial charge on any atom is -0.275 e. The molecule has 0 aliphatic heterocycles. The Kier molecular flexibility index (Phi) is 3.58. The maximum atomic E-state index is 13.9. The normalized spacial score (nSPS) is 12.2. The Hall–Kier alpha value is -1.85. The van der Waals surface area contributed by atoms with Gasteiger partial charge < -0.3 is 0 Å². The Morgan fingerprint density at radius 3 is 2.35 bits per heavy atom. The molecular weight excluding hydrogens is 272 g/mol. The van der Waals surface area contributed by atoms with Crippen LogP contribution in [0.4, 0.5) is 17.6 Å². The predicted octanol–water partition coefficient (Wildman–Crippen LogP) is 4.37.